The molecule has 1 fully saturated rings. The van der Waals surface area contributed by atoms with Crippen LogP contribution in [0.5, 0.6) is 0 Å². The summed E-state index contributed by atoms with van der Waals surface area (Å²) in [6.07, 6.45) is 3.11. The maximum atomic E-state index is 13.0. The van der Waals surface area contributed by atoms with Gasteiger partial charge in [0.15, 0.2) is 0 Å². The summed E-state index contributed by atoms with van der Waals surface area (Å²) >= 11 is 0. The van der Waals surface area contributed by atoms with Crippen LogP contribution in [0, 0.1) is 0 Å². The van der Waals surface area contributed by atoms with Crippen molar-refractivity contribution in [2.45, 2.75) is 44.8 Å². The molecule has 0 spiro atoms. The number of hydrogen-bond acceptors (Lipinski definition) is 4. The lowest BCUT2D eigenvalue weighted by molar-refractivity contribution is -0.117. The first-order chi connectivity index (χ1) is 16.1. The average Bonchev–Trinajstić information content (AvgIpc) is 3.31. The molecule has 0 bridgehead atoms. The van der Waals surface area contributed by atoms with E-state index in [1.54, 1.807) is 15.8 Å². The summed E-state index contributed by atoms with van der Waals surface area (Å²) in [7, 11) is 0. The number of aryl methyl sites for hydroxylation is 1. The van der Waals surface area contributed by atoms with Crippen molar-refractivity contribution < 1.29 is 14.3 Å². The molecule has 7 nitrogen and oxygen atoms in total. The normalized spacial score (nSPS) is 15.1. The number of carbonyl (C=O) groups is 2. The SMILES string of the molecule is CCn1nccc1NC(=O)CC1(c2ccccc2)CCN(C(=O)OCc2ccccc2)CC1. The van der Waals surface area contributed by atoms with Gasteiger partial charge in [-0.15, -0.1) is 0 Å². The number of benzene rings is 2. The molecule has 1 aliphatic rings. The van der Waals surface area contributed by atoms with Gasteiger partial charge in [0.25, 0.3) is 0 Å². The predicted molar refractivity (Wildman–Crippen MR) is 127 cm³/mol. The van der Waals surface area contributed by atoms with Crippen molar-refractivity contribution in [3.8, 4) is 0 Å². The quantitative estimate of drug-likeness (QED) is 0.575. The molecule has 0 saturated carbocycles. The van der Waals surface area contributed by atoms with E-state index in [2.05, 4.69) is 22.5 Å². The van der Waals surface area contributed by atoms with Gasteiger partial charge in [0, 0.05) is 37.5 Å². The Kier molecular flexibility index (Phi) is 7.07. The topological polar surface area (TPSA) is 76.5 Å². The highest BCUT2D eigenvalue weighted by atomic mass is 16.6. The molecule has 1 saturated heterocycles. The third-order valence-electron chi connectivity index (χ3n) is 6.35. The molecule has 7 heteroatoms. The van der Waals surface area contributed by atoms with E-state index in [0.717, 1.165) is 11.1 Å². The number of piperidine rings is 1. The molecule has 1 aliphatic heterocycles. The Morgan fingerprint density at radius 2 is 1.67 bits per heavy atom. The largest absolute Gasteiger partial charge is 0.445 e. The molecule has 1 aromatic heterocycles. The second-order valence-electron chi connectivity index (χ2n) is 8.43. The van der Waals surface area contributed by atoms with Gasteiger partial charge in [-0.3, -0.25) is 4.79 Å². The number of likely N-dealkylation sites (tertiary alicyclic amines) is 1. The molecule has 2 amide bonds. The van der Waals surface area contributed by atoms with Crippen LogP contribution in [0.25, 0.3) is 0 Å². The minimum atomic E-state index is -0.335. The number of rotatable bonds is 7. The van der Waals surface area contributed by atoms with E-state index in [9.17, 15) is 9.59 Å². The van der Waals surface area contributed by atoms with E-state index in [-0.39, 0.29) is 24.0 Å². The third-order valence-corrected chi connectivity index (χ3v) is 6.35. The Hall–Kier alpha value is -3.61. The highest BCUT2D eigenvalue weighted by molar-refractivity contribution is 5.91. The van der Waals surface area contributed by atoms with Gasteiger partial charge in [-0.2, -0.15) is 5.10 Å². The van der Waals surface area contributed by atoms with Gasteiger partial charge >= 0.3 is 6.09 Å². The lowest BCUT2D eigenvalue weighted by Crippen LogP contribution is -2.46. The number of hydrogen-bond donors (Lipinski definition) is 1. The van der Waals surface area contributed by atoms with E-state index in [0.29, 0.717) is 44.7 Å². The van der Waals surface area contributed by atoms with E-state index in [1.807, 2.05) is 61.5 Å². The van der Waals surface area contributed by atoms with Crippen LogP contribution in [0.1, 0.15) is 37.3 Å². The summed E-state index contributed by atoms with van der Waals surface area (Å²) in [5, 5.41) is 7.23. The molecule has 0 aliphatic carbocycles. The van der Waals surface area contributed by atoms with Crippen LogP contribution in [0.15, 0.2) is 72.9 Å². The first-order valence-corrected chi connectivity index (χ1v) is 11.4. The van der Waals surface area contributed by atoms with E-state index in [4.69, 9.17) is 4.74 Å². The Labute approximate surface area is 194 Å². The number of nitrogens with zero attached hydrogens (tertiary/aromatic N) is 3. The van der Waals surface area contributed by atoms with Crippen LogP contribution in [0.2, 0.25) is 0 Å². The molecule has 172 valence electrons. The first-order valence-electron chi connectivity index (χ1n) is 11.4. The average molecular weight is 447 g/mol. The standard InChI is InChI=1S/C26H30N4O3/c1-2-30-23(13-16-27-30)28-24(31)19-26(22-11-7-4-8-12-22)14-17-29(18-15-26)25(32)33-20-21-9-5-3-6-10-21/h3-13,16H,2,14-15,17-20H2,1H3,(H,28,31). The zero-order valence-corrected chi connectivity index (χ0v) is 18.9. The monoisotopic (exact) mass is 446 g/mol. The molecule has 1 N–H and O–H groups in total. The minimum Gasteiger partial charge on any atom is -0.445 e. The highest BCUT2D eigenvalue weighted by Gasteiger charge is 2.39. The Balaban J connectivity index is 1.42. The smallest absolute Gasteiger partial charge is 0.410 e. The number of aromatic nitrogens is 2. The van der Waals surface area contributed by atoms with Crippen molar-refractivity contribution >= 4 is 17.8 Å². The van der Waals surface area contributed by atoms with Crippen LogP contribution in [0.4, 0.5) is 10.6 Å². The molecule has 0 radical (unpaired) electrons. The van der Waals surface area contributed by atoms with Crippen molar-refractivity contribution in [2.75, 3.05) is 18.4 Å². The van der Waals surface area contributed by atoms with Crippen molar-refractivity contribution in [3.05, 3.63) is 84.1 Å². The summed E-state index contributed by atoms with van der Waals surface area (Å²) in [6.45, 7) is 4.02. The summed E-state index contributed by atoms with van der Waals surface area (Å²) in [6, 6.07) is 21.6. The fraction of sp³-hybridized carbons (Fsp3) is 0.346. The van der Waals surface area contributed by atoms with Gasteiger partial charge < -0.3 is 15.0 Å². The lowest BCUT2D eigenvalue weighted by atomic mass is 9.70. The summed E-state index contributed by atoms with van der Waals surface area (Å²) in [5.74, 6) is 0.654. The van der Waals surface area contributed by atoms with Gasteiger partial charge in [0.2, 0.25) is 5.91 Å². The van der Waals surface area contributed by atoms with Crippen molar-refractivity contribution in [3.63, 3.8) is 0 Å². The fourth-order valence-corrected chi connectivity index (χ4v) is 4.47. The third kappa shape index (κ3) is 5.42. The van der Waals surface area contributed by atoms with Crippen molar-refractivity contribution in [2.24, 2.45) is 0 Å². The van der Waals surface area contributed by atoms with Crippen molar-refractivity contribution in [1.29, 1.82) is 0 Å². The van der Waals surface area contributed by atoms with Crippen molar-refractivity contribution in [1.82, 2.24) is 14.7 Å². The van der Waals surface area contributed by atoms with E-state index >= 15 is 0 Å². The highest BCUT2D eigenvalue weighted by Crippen LogP contribution is 2.39. The molecular formula is C26H30N4O3. The second kappa shape index (κ2) is 10.3. The Morgan fingerprint density at radius 1 is 1.00 bits per heavy atom. The number of ether oxygens (including phenoxy) is 1. The maximum absolute atomic E-state index is 13.0. The van der Waals surface area contributed by atoms with Crippen LogP contribution >= 0.6 is 0 Å². The van der Waals surface area contributed by atoms with Gasteiger partial charge in [0.1, 0.15) is 12.4 Å². The minimum absolute atomic E-state index is 0.0471. The number of carbonyl (C=O) groups excluding carboxylic acids is 2. The summed E-state index contributed by atoms with van der Waals surface area (Å²) < 4.78 is 7.28. The number of nitrogens with one attached hydrogen (secondary N) is 1. The molecule has 3 aromatic rings. The van der Waals surface area contributed by atoms with Crippen LogP contribution < -0.4 is 5.32 Å². The predicted octanol–water partition coefficient (Wildman–Crippen LogP) is 4.60. The van der Waals surface area contributed by atoms with Gasteiger partial charge in [-0.1, -0.05) is 60.7 Å². The van der Waals surface area contributed by atoms with Crippen LogP contribution in [0.3, 0.4) is 0 Å². The van der Waals surface area contributed by atoms with Crippen LogP contribution in [-0.2, 0) is 28.1 Å². The molecule has 0 atom stereocenters. The lowest BCUT2D eigenvalue weighted by Gasteiger charge is -2.41. The van der Waals surface area contributed by atoms with Gasteiger partial charge in [0.05, 0.1) is 6.20 Å². The molecule has 2 aromatic carbocycles. The molecule has 2 heterocycles. The molecule has 0 unspecified atom stereocenters. The molecular weight excluding hydrogens is 416 g/mol. The summed E-state index contributed by atoms with van der Waals surface area (Å²) in [4.78, 5) is 27.4. The maximum Gasteiger partial charge on any atom is 0.410 e. The number of anilines is 1. The summed E-state index contributed by atoms with van der Waals surface area (Å²) in [5.41, 5.74) is 1.75. The number of amides is 2. The molecule has 4 rings (SSSR count). The van der Waals surface area contributed by atoms with E-state index in [1.165, 1.54) is 0 Å². The van der Waals surface area contributed by atoms with Gasteiger partial charge in [-0.25, -0.2) is 9.48 Å². The van der Waals surface area contributed by atoms with Gasteiger partial charge in [-0.05, 0) is 30.9 Å². The zero-order chi connectivity index (χ0) is 23.1. The second-order valence-corrected chi connectivity index (χ2v) is 8.43. The fourth-order valence-electron chi connectivity index (χ4n) is 4.47. The Bertz CT molecular complexity index is 1060. The van der Waals surface area contributed by atoms with Crippen LogP contribution in [-0.4, -0.2) is 39.8 Å². The molecule has 33 heavy (non-hydrogen) atoms. The Morgan fingerprint density at radius 3 is 2.33 bits per heavy atom. The van der Waals surface area contributed by atoms with E-state index < -0.39 is 0 Å². The first kappa shape index (κ1) is 22.6. The zero-order valence-electron chi connectivity index (χ0n) is 18.9.